The maximum Gasteiger partial charge on any atom is 0.123 e. The zero-order valence-electron chi connectivity index (χ0n) is 11.5. The molecule has 3 nitrogen and oxygen atoms in total. The van der Waals surface area contributed by atoms with Gasteiger partial charge in [-0.3, -0.25) is 4.90 Å². The fourth-order valence-electron chi connectivity index (χ4n) is 2.79. The van der Waals surface area contributed by atoms with Gasteiger partial charge in [0.1, 0.15) is 5.75 Å². The molecule has 1 aliphatic rings. The highest BCUT2D eigenvalue weighted by Crippen LogP contribution is 2.31. The number of nitrogens with zero attached hydrogens (tertiary/aromatic N) is 1. The molecule has 3 heteroatoms. The van der Waals surface area contributed by atoms with Crippen molar-refractivity contribution in [2.75, 3.05) is 33.3 Å². The smallest absolute Gasteiger partial charge is 0.123 e. The van der Waals surface area contributed by atoms with E-state index in [2.05, 4.69) is 35.3 Å². The number of methoxy groups -OCH3 is 1. The van der Waals surface area contributed by atoms with Gasteiger partial charge in [-0.1, -0.05) is 25.1 Å². The Hall–Kier alpha value is -1.06. The molecule has 1 heterocycles. The number of rotatable bonds is 4. The molecule has 0 radical (unpaired) electrons. The Morgan fingerprint density at radius 2 is 2.11 bits per heavy atom. The van der Waals surface area contributed by atoms with E-state index in [9.17, 15) is 0 Å². The van der Waals surface area contributed by atoms with Crippen LogP contribution in [0.15, 0.2) is 24.3 Å². The summed E-state index contributed by atoms with van der Waals surface area (Å²) < 4.78 is 5.51. The Morgan fingerprint density at radius 1 is 1.28 bits per heavy atom. The standard InChI is InChI=1S/C15H24N2O/c1-3-14(17-11-6-9-16-10-12-17)13-7-4-5-8-15(13)18-2/h4-5,7-8,14,16H,3,6,9-12H2,1-2H3. The van der Waals surface area contributed by atoms with Crippen LogP contribution in [0.4, 0.5) is 0 Å². The second-order valence-corrected chi connectivity index (χ2v) is 4.81. The predicted octanol–water partition coefficient (Wildman–Crippen LogP) is 2.44. The van der Waals surface area contributed by atoms with Crippen molar-refractivity contribution in [1.82, 2.24) is 10.2 Å². The minimum Gasteiger partial charge on any atom is -0.496 e. The zero-order valence-corrected chi connectivity index (χ0v) is 11.5. The molecule has 1 atom stereocenters. The topological polar surface area (TPSA) is 24.5 Å². The summed E-state index contributed by atoms with van der Waals surface area (Å²) >= 11 is 0. The molecule has 0 amide bonds. The van der Waals surface area contributed by atoms with Crippen LogP contribution in [0.1, 0.15) is 31.4 Å². The molecule has 1 aromatic carbocycles. The van der Waals surface area contributed by atoms with E-state index < -0.39 is 0 Å². The first-order valence-electron chi connectivity index (χ1n) is 6.94. The first-order chi connectivity index (χ1) is 8.86. The van der Waals surface area contributed by atoms with Crippen molar-refractivity contribution in [2.24, 2.45) is 0 Å². The largest absolute Gasteiger partial charge is 0.496 e. The second kappa shape index (κ2) is 6.76. The number of ether oxygens (including phenoxy) is 1. The molecule has 1 N–H and O–H groups in total. The van der Waals surface area contributed by atoms with E-state index in [0.29, 0.717) is 6.04 Å². The predicted molar refractivity (Wildman–Crippen MR) is 75.1 cm³/mol. The average molecular weight is 248 g/mol. The van der Waals surface area contributed by atoms with Crippen LogP contribution in [0.3, 0.4) is 0 Å². The maximum absolute atomic E-state index is 5.51. The van der Waals surface area contributed by atoms with Gasteiger partial charge >= 0.3 is 0 Å². The first kappa shape index (κ1) is 13.4. The summed E-state index contributed by atoms with van der Waals surface area (Å²) in [6.45, 7) is 6.78. The van der Waals surface area contributed by atoms with E-state index in [0.717, 1.165) is 31.8 Å². The molecule has 0 aromatic heterocycles. The molecular formula is C15H24N2O. The Morgan fingerprint density at radius 3 is 2.89 bits per heavy atom. The van der Waals surface area contributed by atoms with E-state index >= 15 is 0 Å². The third kappa shape index (κ3) is 3.03. The Kier molecular flexibility index (Phi) is 5.02. The van der Waals surface area contributed by atoms with E-state index in [1.54, 1.807) is 7.11 Å². The second-order valence-electron chi connectivity index (χ2n) is 4.81. The molecule has 1 aromatic rings. The van der Waals surface area contributed by atoms with Gasteiger partial charge in [0.2, 0.25) is 0 Å². The van der Waals surface area contributed by atoms with Gasteiger partial charge in [-0.15, -0.1) is 0 Å². The maximum atomic E-state index is 5.51. The molecule has 1 saturated heterocycles. The monoisotopic (exact) mass is 248 g/mol. The lowest BCUT2D eigenvalue weighted by molar-refractivity contribution is 0.201. The fraction of sp³-hybridized carbons (Fsp3) is 0.600. The molecule has 18 heavy (non-hydrogen) atoms. The average Bonchev–Trinajstić information content (AvgIpc) is 2.69. The summed E-state index contributed by atoms with van der Waals surface area (Å²) in [5, 5.41) is 3.46. The molecule has 1 unspecified atom stereocenters. The lowest BCUT2D eigenvalue weighted by Gasteiger charge is -2.30. The van der Waals surface area contributed by atoms with Gasteiger partial charge < -0.3 is 10.1 Å². The van der Waals surface area contributed by atoms with E-state index in [1.165, 1.54) is 18.5 Å². The summed E-state index contributed by atoms with van der Waals surface area (Å²) in [4.78, 5) is 2.58. The van der Waals surface area contributed by atoms with Gasteiger partial charge in [0.25, 0.3) is 0 Å². The lowest BCUT2D eigenvalue weighted by atomic mass is 10.0. The molecule has 0 spiro atoms. The van der Waals surface area contributed by atoms with Gasteiger partial charge in [0, 0.05) is 31.2 Å². The van der Waals surface area contributed by atoms with Crippen molar-refractivity contribution in [1.29, 1.82) is 0 Å². The van der Waals surface area contributed by atoms with Crippen LogP contribution >= 0.6 is 0 Å². The van der Waals surface area contributed by atoms with Crippen molar-refractivity contribution in [3.05, 3.63) is 29.8 Å². The number of benzene rings is 1. The SMILES string of the molecule is CCC(c1ccccc1OC)N1CCCNCC1. The zero-order chi connectivity index (χ0) is 12.8. The van der Waals surface area contributed by atoms with Gasteiger partial charge in [-0.05, 0) is 25.5 Å². The van der Waals surface area contributed by atoms with Crippen LogP contribution in [-0.4, -0.2) is 38.2 Å². The number of hydrogen-bond donors (Lipinski definition) is 1. The van der Waals surface area contributed by atoms with Crippen molar-refractivity contribution in [3.8, 4) is 5.75 Å². The van der Waals surface area contributed by atoms with E-state index in [4.69, 9.17) is 4.74 Å². The summed E-state index contributed by atoms with van der Waals surface area (Å²) in [6, 6.07) is 8.88. The first-order valence-corrected chi connectivity index (χ1v) is 6.94. The van der Waals surface area contributed by atoms with Crippen molar-refractivity contribution in [3.63, 3.8) is 0 Å². The summed E-state index contributed by atoms with van der Waals surface area (Å²) in [5.41, 5.74) is 1.32. The van der Waals surface area contributed by atoms with Gasteiger partial charge in [-0.25, -0.2) is 0 Å². The van der Waals surface area contributed by atoms with Crippen LogP contribution in [0.25, 0.3) is 0 Å². The molecular weight excluding hydrogens is 224 g/mol. The highest BCUT2D eigenvalue weighted by Gasteiger charge is 2.22. The van der Waals surface area contributed by atoms with Crippen LogP contribution in [0.5, 0.6) is 5.75 Å². The lowest BCUT2D eigenvalue weighted by Crippen LogP contribution is -2.32. The van der Waals surface area contributed by atoms with Crippen LogP contribution in [0, 0.1) is 0 Å². The number of para-hydroxylation sites is 1. The van der Waals surface area contributed by atoms with Crippen LogP contribution < -0.4 is 10.1 Å². The van der Waals surface area contributed by atoms with Gasteiger partial charge in [0.15, 0.2) is 0 Å². The highest BCUT2D eigenvalue weighted by atomic mass is 16.5. The molecule has 0 saturated carbocycles. The Labute approximate surface area is 110 Å². The Bertz CT molecular complexity index is 359. The van der Waals surface area contributed by atoms with Gasteiger partial charge in [-0.2, -0.15) is 0 Å². The third-order valence-corrected chi connectivity index (χ3v) is 3.70. The minimum atomic E-state index is 0.473. The minimum absolute atomic E-state index is 0.473. The van der Waals surface area contributed by atoms with Crippen molar-refractivity contribution < 1.29 is 4.74 Å². The molecule has 0 aliphatic carbocycles. The summed E-state index contributed by atoms with van der Waals surface area (Å²) in [6.07, 6.45) is 2.35. The molecule has 0 bridgehead atoms. The van der Waals surface area contributed by atoms with Gasteiger partial charge in [0.05, 0.1) is 7.11 Å². The van der Waals surface area contributed by atoms with Crippen molar-refractivity contribution in [2.45, 2.75) is 25.8 Å². The summed E-state index contributed by atoms with van der Waals surface area (Å²) in [7, 11) is 1.76. The van der Waals surface area contributed by atoms with E-state index in [-0.39, 0.29) is 0 Å². The van der Waals surface area contributed by atoms with E-state index in [1.807, 2.05) is 6.07 Å². The highest BCUT2D eigenvalue weighted by molar-refractivity contribution is 5.35. The number of hydrogen-bond acceptors (Lipinski definition) is 3. The third-order valence-electron chi connectivity index (χ3n) is 3.70. The number of nitrogens with one attached hydrogen (secondary N) is 1. The fourth-order valence-corrected chi connectivity index (χ4v) is 2.79. The van der Waals surface area contributed by atoms with Crippen LogP contribution in [0.2, 0.25) is 0 Å². The van der Waals surface area contributed by atoms with Crippen molar-refractivity contribution >= 4 is 0 Å². The molecule has 1 fully saturated rings. The quantitative estimate of drug-likeness (QED) is 0.885. The molecule has 1 aliphatic heterocycles. The molecule has 100 valence electrons. The summed E-state index contributed by atoms with van der Waals surface area (Å²) in [5.74, 6) is 1.02. The van der Waals surface area contributed by atoms with Crippen LogP contribution in [-0.2, 0) is 0 Å². The normalized spacial score (nSPS) is 19.2. The molecule has 2 rings (SSSR count). The Balaban J connectivity index is 2.20.